The quantitative estimate of drug-likeness (QED) is 0.396. The van der Waals surface area contributed by atoms with Gasteiger partial charge in [0.15, 0.2) is 16.6 Å². The SMILES string of the molecule is CC[Si]1(O[Si](CC)(CC)C2(C)CCCCCCCC2)CCCCCCCC1. The molecule has 0 aromatic heterocycles. The average Bonchev–Trinajstić information content (AvgIpc) is 2.87. The van der Waals surface area contributed by atoms with Crippen molar-refractivity contribution in [1.29, 1.82) is 0 Å². The van der Waals surface area contributed by atoms with E-state index in [1.54, 1.807) is 0 Å². The van der Waals surface area contributed by atoms with Gasteiger partial charge in [0.2, 0.25) is 0 Å². The largest absolute Gasteiger partial charge is 0.454 e. The molecule has 1 saturated heterocycles. The van der Waals surface area contributed by atoms with Gasteiger partial charge >= 0.3 is 0 Å². The smallest absolute Gasteiger partial charge is 0.185 e. The normalized spacial score (nSPS) is 25.3. The highest BCUT2D eigenvalue weighted by molar-refractivity contribution is 6.88. The summed E-state index contributed by atoms with van der Waals surface area (Å²) in [7, 11) is -3.28. The lowest BCUT2D eigenvalue weighted by atomic mass is 9.98. The molecule has 1 aliphatic heterocycles. The topological polar surface area (TPSA) is 9.23 Å². The van der Waals surface area contributed by atoms with Gasteiger partial charge in [-0.1, -0.05) is 105 Å². The molecule has 0 aromatic carbocycles. The van der Waals surface area contributed by atoms with Crippen LogP contribution in [-0.2, 0) is 4.12 Å². The molecule has 3 heteroatoms. The van der Waals surface area contributed by atoms with Crippen LogP contribution in [0, 0.1) is 0 Å². The van der Waals surface area contributed by atoms with E-state index in [0.717, 1.165) is 0 Å². The van der Waals surface area contributed by atoms with E-state index in [9.17, 15) is 0 Å². The minimum Gasteiger partial charge on any atom is -0.454 e. The lowest BCUT2D eigenvalue weighted by Crippen LogP contribution is -2.57. The van der Waals surface area contributed by atoms with Gasteiger partial charge in [-0.15, -0.1) is 0 Å². The number of hydrogen-bond donors (Lipinski definition) is 0. The van der Waals surface area contributed by atoms with Gasteiger partial charge in [-0.3, -0.25) is 0 Å². The summed E-state index contributed by atoms with van der Waals surface area (Å²) in [6.45, 7) is 10.2. The predicted molar refractivity (Wildman–Crippen MR) is 127 cm³/mol. The van der Waals surface area contributed by atoms with Crippen molar-refractivity contribution < 1.29 is 4.12 Å². The van der Waals surface area contributed by atoms with Crippen LogP contribution < -0.4 is 0 Å². The molecule has 0 unspecified atom stereocenters. The van der Waals surface area contributed by atoms with E-state index in [1.807, 2.05) is 0 Å². The Morgan fingerprint density at radius 3 is 1.48 bits per heavy atom. The van der Waals surface area contributed by atoms with Crippen LogP contribution in [0.25, 0.3) is 0 Å². The summed E-state index contributed by atoms with van der Waals surface area (Å²) in [6, 6.07) is 7.02. The Morgan fingerprint density at radius 2 is 1.07 bits per heavy atom. The van der Waals surface area contributed by atoms with E-state index < -0.39 is 16.6 Å². The van der Waals surface area contributed by atoms with Crippen molar-refractivity contribution in [2.24, 2.45) is 0 Å². The van der Waals surface area contributed by atoms with Crippen LogP contribution in [0.4, 0.5) is 0 Å². The van der Waals surface area contributed by atoms with Gasteiger partial charge in [-0.25, -0.2) is 0 Å². The zero-order valence-corrected chi connectivity index (χ0v) is 21.3. The van der Waals surface area contributed by atoms with E-state index >= 15 is 0 Å². The molecule has 1 nitrogen and oxygen atoms in total. The van der Waals surface area contributed by atoms with Gasteiger partial charge in [0.1, 0.15) is 0 Å². The molecule has 2 aliphatic rings. The first-order valence-electron chi connectivity index (χ1n) is 12.8. The third-order valence-corrected chi connectivity index (χ3v) is 20.6. The van der Waals surface area contributed by atoms with Crippen molar-refractivity contribution in [3.8, 4) is 0 Å². The van der Waals surface area contributed by atoms with E-state index in [1.165, 1.54) is 120 Å². The van der Waals surface area contributed by atoms with Crippen LogP contribution in [0.1, 0.15) is 118 Å². The van der Waals surface area contributed by atoms with Gasteiger partial charge in [-0.2, -0.15) is 0 Å². The summed E-state index contributed by atoms with van der Waals surface area (Å²) in [6.07, 6.45) is 20.4. The molecule has 0 aromatic rings. The molecule has 0 bridgehead atoms. The Morgan fingerprint density at radius 1 is 0.667 bits per heavy atom. The first-order chi connectivity index (χ1) is 13.1. The van der Waals surface area contributed by atoms with Crippen LogP contribution >= 0.6 is 0 Å². The summed E-state index contributed by atoms with van der Waals surface area (Å²) in [5.41, 5.74) is 0. The Hall–Kier alpha value is 0.394. The number of hydrogen-bond acceptors (Lipinski definition) is 1. The van der Waals surface area contributed by atoms with Gasteiger partial charge in [-0.05, 0) is 48.1 Å². The first kappa shape index (κ1) is 23.7. The van der Waals surface area contributed by atoms with Gasteiger partial charge in [0.25, 0.3) is 0 Å². The van der Waals surface area contributed by atoms with E-state index in [0.29, 0.717) is 5.04 Å². The third-order valence-electron chi connectivity index (χ3n) is 8.52. The van der Waals surface area contributed by atoms with Crippen molar-refractivity contribution in [2.75, 3.05) is 0 Å². The molecular formula is C24H50OSi2. The second kappa shape index (κ2) is 11.5. The Labute approximate surface area is 173 Å². The molecule has 2 rings (SSSR count). The Kier molecular flexibility index (Phi) is 10.1. The van der Waals surface area contributed by atoms with E-state index in [4.69, 9.17) is 4.12 Å². The molecule has 1 aliphatic carbocycles. The molecule has 160 valence electrons. The fraction of sp³-hybridized carbons (Fsp3) is 1.00. The summed E-state index contributed by atoms with van der Waals surface area (Å²) in [5.74, 6) is 0. The van der Waals surface area contributed by atoms with Gasteiger partial charge in [0, 0.05) is 0 Å². The zero-order chi connectivity index (χ0) is 19.6. The molecule has 2 fully saturated rings. The van der Waals surface area contributed by atoms with Crippen molar-refractivity contribution in [2.45, 2.75) is 153 Å². The Bertz CT molecular complexity index is 385. The molecule has 27 heavy (non-hydrogen) atoms. The molecule has 0 radical (unpaired) electrons. The lowest BCUT2D eigenvalue weighted by Gasteiger charge is -2.52. The van der Waals surface area contributed by atoms with Gasteiger partial charge < -0.3 is 4.12 Å². The summed E-state index contributed by atoms with van der Waals surface area (Å²) in [5, 5.41) is 0.522. The standard InChI is InChI=1S/C24H50OSi2/c1-5-26(22-18-14-10-11-15-19-23-26)25-27(6-2,7-3)24(4)20-16-12-8-9-13-17-21-24/h5-23H2,1-4H3. The van der Waals surface area contributed by atoms with E-state index in [-0.39, 0.29) is 0 Å². The van der Waals surface area contributed by atoms with Crippen molar-refractivity contribution in [3.05, 3.63) is 0 Å². The Balaban J connectivity index is 2.27. The summed E-state index contributed by atoms with van der Waals surface area (Å²) < 4.78 is 7.76. The van der Waals surface area contributed by atoms with Crippen LogP contribution in [0.15, 0.2) is 0 Å². The maximum absolute atomic E-state index is 7.76. The van der Waals surface area contributed by atoms with Crippen molar-refractivity contribution in [3.63, 3.8) is 0 Å². The van der Waals surface area contributed by atoms with Crippen LogP contribution in [0.5, 0.6) is 0 Å². The minimum atomic E-state index is -1.72. The highest BCUT2D eigenvalue weighted by Crippen LogP contribution is 2.53. The molecule has 0 amide bonds. The minimum absolute atomic E-state index is 0.522. The van der Waals surface area contributed by atoms with Crippen LogP contribution in [0.2, 0.25) is 35.3 Å². The second-order valence-corrected chi connectivity index (χ2v) is 19.6. The maximum atomic E-state index is 7.76. The van der Waals surface area contributed by atoms with Gasteiger partial charge in [0.05, 0.1) is 0 Å². The van der Waals surface area contributed by atoms with Crippen molar-refractivity contribution in [1.82, 2.24) is 0 Å². The average molecular weight is 411 g/mol. The van der Waals surface area contributed by atoms with Crippen LogP contribution in [-0.4, -0.2) is 16.6 Å². The fourth-order valence-electron chi connectivity index (χ4n) is 6.36. The maximum Gasteiger partial charge on any atom is 0.185 e. The third kappa shape index (κ3) is 6.18. The first-order valence-corrected chi connectivity index (χ1v) is 17.6. The van der Waals surface area contributed by atoms with Crippen LogP contribution in [0.3, 0.4) is 0 Å². The molecule has 0 N–H and O–H groups in total. The van der Waals surface area contributed by atoms with Crippen molar-refractivity contribution >= 4 is 16.6 Å². The predicted octanol–water partition coefficient (Wildman–Crippen LogP) is 9.20. The zero-order valence-electron chi connectivity index (χ0n) is 19.3. The molecule has 1 heterocycles. The molecule has 1 saturated carbocycles. The fourth-order valence-corrected chi connectivity index (χ4v) is 19.4. The lowest BCUT2D eigenvalue weighted by molar-refractivity contribution is 0.378. The monoisotopic (exact) mass is 410 g/mol. The van der Waals surface area contributed by atoms with E-state index in [2.05, 4.69) is 27.7 Å². The second-order valence-electron chi connectivity index (χ2n) is 10.1. The highest BCUT2D eigenvalue weighted by Gasteiger charge is 2.52. The highest BCUT2D eigenvalue weighted by atomic mass is 28.4. The molecule has 0 spiro atoms. The summed E-state index contributed by atoms with van der Waals surface area (Å²) >= 11 is 0. The summed E-state index contributed by atoms with van der Waals surface area (Å²) in [4.78, 5) is 0. The molecule has 0 atom stereocenters. The molecular weight excluding hydrogens is 360 g/mol. The number of rotatable bonds is 6.